The summed E-state index contributed by atoms with van der Waals surface area (Å²) in [6.07, 6.45) is 5.43. The summed E-state index contributed by atoms with van der Waals surface area (Å²) >= 11 is 0. The molecule has 1 heterocycles. The number of hydrogen-bond donors (Lipinski definition) is 1. The highest BCUT2D eigenvalue weighted by Crippen LogP contribution is 2.38. The van der Waals surface area contributed by atoms with Crippen molar-refractivity contribution in [1.29, 1.82) is 0 Å². The average Bonchev–Trinajstić information content (AvgIpc) is 2.25. The molecule has 0 amide bonds. The van der Waals surface area contributed by atoms with Gasteiger partial charge in [-0.25, -0.2) is 5.48 Å². The van der Waals surface area contributed by atoms with Gasteiger partial charge in [-0.1, -0.05) is 20.3 Å². The van der Waals surface area contributed by atoms with E-state index >= 15 is 0 Å². The lowest BCUT2D eigenvalue weighted by molar-refractivity contribution is 0.0128. The topological polar surface area (TPSA) is 21.3 Å². The highest BCUT2D eigenvalue weighted by atomic mass is 16.6. The van der Waals surface area contributed by atoms with Crippen LogP contribution < -0.4 is 5.48 Å². The fraction of sp³-hybridized carbons (Fsp3) is 1.00. The second-order valence-corrected chi connectivity index (χ2v) is 5.29. The Bertz CT molecular complexity index is 183. The van der Waals surface area contributed by atoms with Crippen LogP contribution >= 0.6 is 0 Å². The van der Waals surface area contributed by atoms with E-state index in [1.807, 2.05) is 0 Å². The van der Waals surface area contributed by atoms with Gasteiger partial charge in [-0.2, -0.15) is 0 Å². The lowest BCUT2D eigenvalue weighted by Gasteiger charge is -2.26. The summed E-state index contributed by atoms with van der Waals surface area (Å²) in [4.78, 5) is 5.47. The predicted molar refractivity (Wildman–Crippen MR) is 57.7 cm³/mol. The van der Waals surface area contributed by atoms with E-state index in [-0.39, 0.29) is 0 Å². The highest BCUT2D eigenvalue weighted by molar-refractivity contribution is 4.80. The van der Waals surface area contributed by atoms with Crippen LogP contribution in [0.25, 0.3) is 0 Å². The van der Waals surface area contributed by atoms with E-state index in [0.717, 1.165) is 36.8 Å². The van der Waals surface area contributed by atoms with Crippen LogP contribution in [0.1, 0.15) is 39.5 Å². The summed E-state index contributed by atoms with van der Waals surface area (Å²) < 4.78 is 0. The zero-order chi connectivity index (χ0) is 9.97. The van der Waals surface area contributed by atoms with E-state index < -0.39 is 0 Å². The fourth-order valence-corrected chi connectivity index (χ4v) is 3.29. The van der Waals surface area contributed by atoms with E-state index in [4.69, 9.17) is 4.84 Å². The highest BCUT2D eigenvalue weighted by Gasteiger charge is 2.30. The molecule has 82 valence electrons. The summed E-state index contributed by atoms with van der Waals surface area (Å²) in [7, 11) is 0. The molecule has 0 aromatic carbocycles. The minimum atomic E-state index is 0.794. The van der Waals surface area contributed by atoms with Crippen molar-refractivity contribution in [2.45, 2.75) is 39.5 Å². The van der Waals surface area contributed by atoms with Gasteiger partial charge in [-0.3, -0.25) is 0 Å². The van der Waals surface area contributed by atoms with Gasteiger partial charge < -0.3 is 4.84 Å². The molecule has 0 radical (unpaired) electrons. The smallest absolute Gasteiger partial charge is 0.0710 e. The molecule has 2 heteroatoms. The third-order valence-electron chi connectivity index (χ3n) is 4.20. The number of hydroxylamine groups is 1. The van der Waals surface area contributed by atoms with Crippen molar-refractivity contribution in [3.05, 3.63) is 0 Å². The molecule has 2 nitrogen and oxygen atoms in total. The van der Waals surface area contributed by atoms with Gasteiger partial charge in [-0.15, -0.1) is 0 Å². The molecule has 4 atom stereocenters. The van der Waals surface area contributed by atoms with Crippen LogP contribution in [0.3, 0.4) is 0 Å². The molecule has 1 aliphatic carbocycles. The molecular weight excluding hydrogens is 174 g/mol. The first-order valence-corrected chi connectivity index (χ1v) is 6.12. The Morgan fingerprint density at radius 1 is 1.07 bits per heavy atom. The van der Waals surface area contributed by atoms with Gasteiger partial charge in [-0.05, 0) is 42.9 Å². The minimum Gasteiger partial charge on any atom is -0.302 e. The molecule has 14 heavy (non-hydrogen) atoms. The minimum absolute atomic E-state index is 0.794. The van der Waals surface area contributed by atoms with Crippen molar-refractivity contribution in [3.63, 3.8) is 0 Å². The van der Waals surface area contributed by atoms with Crippen molar-refractivity contribution in [1.82, 2.24) is 5.48 Å². The summed E-state index contributed by atoms with van der Waals surface area (Å²) in [6.45, 7) is 6.83. The SMILES string of the molecule is CC1CCC2CONCCC1C(C)C2. The van der Waals surface area contributed by atoms with E-state index in [1.54, 1.807) is 0 Å². The van der Waals surface area contributed by atoms with Crippen LogP contribution in [0.15, 0.2) is 0 Å². The fourth-order valence-electron chi connectivity index (χ4n) is 3.29. The van der Waals surface area contributed by atoms with Gasteiger partial charge in [0.05, 0.1) is 6.61 Å². The van der Waals surface area contributed by atoms with Crippen molar-refractivity contribution in [3.8, 4) is 0 Å². The molecule has 2 aliphatic rings. The molecule has 0 aromatic heterocycles. The number of fused-ring (bicyclic) bond motifs is 3. The Morgan fingerprint density at radius 2 is 1.93 bits per heavy atom. The second-order valence-electron chi connectivity index (χ2n) is 5.29. The van der Waals surface area contributed by atoms with Gasteiger partial charge in [0.15, 0.2) is 0 Å². The number of hydrogen-bond acceptors (Lipinski definition) is 2. The van der Waals surface area contributed by atoms with E-state index in [2.05, 4.69) is 19.3 Å². The maximum atomic E-state index is 5.47. The molecule has 0 aromatic rings. The van der Waals surface area contributed by atoms with Gasteiger partial charge in [0.2, 0.25) is 0 Å². The van der Waals surface area contributed by atoms with Crippen LogP contribution in [0.5, 0.6) is 0 Å². The molecule has 1 aliphatic heterocycles. The summed E-state index contributed by atoms with van der Waals surface area (Å²) in [5.74, 6) is 3.51. The van der Waals surface area contributed by atoms with Gasteiger partial charge in [0.25, 0.3) is 0 Å². The lowest BCUT2D eigenvalue weighted by atomic mass is 9.80. The second kappa shape index (κ2) is 4.63. The van der Waals surface area contributed by atoms with Crippen molar-refractivity contribution < 1.29 is 4.84 Å². The Balaban J connectivity index is 2.09. The maximum Gasteiger partial charge on any atom is 0.0710 e. The van der Waals surface area contributed by atoms with E-state index in [0.29, 0.717) is 0 Å². The molecule has 4 unspecified atom stereocenters. The van der Waals surface area contributed by atoms with Crippen molar-refractivity contribution in [2.75, 3.05) is 13.2 Å². The molecule has 2 rings (SSSR count). The monoisotopic (exact) mass is 197 g/mol. The molecular formula is C12H23NO. The molecule has 0 spiro atoms. The van der Waals surface area contributed by atoms with Crippen LogP contribution in [0.4, 0.5) is 0 Å². The van der Waals surface area contributed by atoms with Gasteiger partial charge in [0.1, 0.15) is 0 Å². The molecule has 2 fully saturated rings. The van der Waals surface area contributed by atoms with Gasteiger partial charge in [0, 0.05) is 6.54 Å². The van der Waals surface area contributed by atoms with E-state index in [1.165, 1.54) is 25.7 Å². The molecule has 1 N–H and O–H groups in total. The first-order chi connectivity index (χ1) is 6.77. The van der Waals surface area contributed by atoms with Crippen LogP contribution in [0.2, 0.25) is 0 Å². The normalized spacial score (nSPS) is 45.0. The van der Waals surface area contributed by atoms with Gasteiger partial charge >= 0.3 is 0 Å². The average molecular weight is 197 g/mol. The first kappa shape index (κ1) is 10.4. The summed E-state index contributed by atoms with van der Waals surface area (Å²) in [5, 5.41) is 0. The zero-order valence-corrected chi connectivity index (χ0v) is 9.46. The Hall–Kier alpha value is -0.0800. The largest absolute Gasteiger partial charge is 0.302 e. The van der Waals surface area contributed by atoms with Crippen molar-refractivity contribution in [2.24, 2.45) is 23.7 Å². The van der Waals surface area contributed by atoms with Crippen molar-refractivity contribution >= 4 is 0 Å². The van der Waals surface area contributed by atoms with E-state index in [9.17, 15) is 0 Å². The molecule has 1 saturated heterocycles. The lowest BCUT2D eigenvalue weighted by Crippen LogP contribution is -2.24. The Morgan fingerprint density at radius 3 is 2.79 bits per heavy atom. The van der Waals surface area contributed by atoms with Crippen LogP contribution in [-0.2, 0) is 4.84 Å². The number of nitrogens with one attached hydrogen (secondary N) is 1. The molecule has 2 bridgehead atoms. The maximum absolute atomic E-state index is 5.47. The van der Waals surface area contributed by atoms with Crippen LogP contribution in [-0.4, -0.2) is 13.2 Å². The standard InChI is InChI=1S/C12H23NO/c1-9-3-4-11-7-10(2)12(9)5-6-13-14-8-11/h9-13H,3-8H2,1-2H3. The first-order valence-electron chi connectivity index (χ1n) is 6.12. The van der Waals surface area contributed by atoms with Crippen LogP contribution in [0, 0.1) is 23.7 Å². The Labute approximate surface area is 87.4 Å². The third kappa shape index (κ3) is 2.29. The molecule has 1 saturated carbocycles. The quantitative estimate of drug-likeness (QED) is 0.644. The predicted octanol–water partition coefficient (Wildman–Crippen LogP) is 2.60. The summed E-state index contributed by atoms with van der Waals surface area (Å²) in [5.41, 5.74) is 3.10. The Kier molecular flexibility index (Phi) is 3.45. The number of rotatable bonds is 0. The third-order valence-corrected chi connectivity index (χ3v) is 4.20. The zero-order valence-electron chi connectivity index (χ0n) is 9.46. The summed E-state index contributed by atoms with van der Waals surface area (Å²) in [6, 6.07) is 0.